The molecule has 2 N–H and O–H groups in total. The van der Waals surface area contributed by atoms with Gasteiger partial charge in [-0.05, 0) is 31.4 Å². The van der Waals surface area contributed by atoms with E-state index in [1.165, 1.54) is 0 Å². The molecule has 108 valence electrons. The standard InChI is InChI=1S/C14H23NO3S/c1-3-11-19(17,18)14-8-6-5-7-13(14)15-12(4-2)9-10-16/h5-8,12,15-16H,3-4,9-11H2,1-2H3. The third-order valence-corrected chi connectivity index (χ3v) is 5.00. The number of nitrogens with one attached hydrogen (secondary N) is 1. The molecule has 0 amide bonds. The van der Waals surface area contributed by atoms with Gasteiger partial charge in [0.25, 0.3) is 0 Å². The van der Waals surface area contributed by atoms with Crippen LogP contribution in [-0.2, 0) is 9.84 Å². The van der Waals surface area contributed by atoms with Crippen LogP contribution in [0.5, 0.6) is 0 Å². The van der Waals surface area contributed by atoms with Crippen molar-refractivity contribution in [2.75, 3.05) is 17.7 Å². The Balaban J connectivity index is 3.02. The summed E-state index contributed by atoms with van der Waals surface area (Å²) in [7, 11) is -3.23. The lowest BCUT2D eigenvalue weighted by Gasteiger charge is -2.19. The number of benzene rings is 1. The van der Waals surface area contributed by atoms with E-state index in [1.54, 1.807) is 18.2 Å². The van der Waals surface area contributed by atoms with E-state index in [0.29, 0.717) is 23.4 Å². The van der Waals surface area contributed by atoms with Crippen LogP contribution in [0.4, 0.5) is 5.69 Å². The summed E-state index contributed by atoms with van der Waals surface area (Å²) in [6.45, 7) is 3.96. The molecule has 4 nitrogen and oxygen atoms in total. The molecule has 0 aliphatic heterocycles. The highest BCUT2D eigenvalue weighted by Crippen LogP contribution is 2.24. The van der Waals surface area contributed by atoms with Crippen molar-refractivity contribution >= 4 is 15.5 Å². The van der Waals surface area contributed by atoms with Crippen molar-refractivity contribution in [3.05, 3.63) is 24.3 Å². The third kappa shape index (κ3) is 4.51. The lowest BCUT2D eigenvalue weighted by Crippen LogP contribution is -2.21. The van der Waals surface area contributed by atoms with E-state index in [2.05, 4.69) is 5.32 Å². The molecule has 1 aromatic rings. The minimum absolute atomic E-state index is 0.0861. The Bertz CT molecular complexity index is 485. The molecule has 0 saturated heterocycles. The number of rotatable bonds is 8. The summed E-state index contributed by atoms with van der Waals surface area (Å²) in [5.41, 5.74) is 0.635. The Morgan fingerprint density at radius 3 is 2.53 bits per heavy atom. The first-order valence-electron chi connectivity index (χ1n) is 6.74. The maximum atomic E-state index is 12.2. The zero-order valence-corrected chi connectivity index (χ0v) is 12.4. The van der Waals surface area contributed by atoms with Crippen molar-refractivity contribution in [2.24, 2.45) is 0 Å². The number of sulfone groups is 1. The molecule has 1 unspecified atom stereocenters. The number of para-hydroxylation sites is 1. The van der Waals surface area contributed by atoms with Gasteiger partial charge in [-0.3, -0.25) is 0 Å². The van der Waals surface area contributed by atoms with Crippen LogP contribution in [0, 0.1) is 0 Å². The molecule has 0 fully saturated rings. The largest absolute Gasteiger partial charge is 0.396 e. The smallest absolute Gasteiger partial charge is 0.180 e. The van der Waals surface area contributed by atoms with Crippen LogP contribution >= 0.6 is 0 Å². The van der Waals surface area contributed by atoms with Gasteiger partial charge in [0.05, 0.1) is 16.3 Å². The molecule has 0 spiro atoms. The minimum Gasteiger partial charge on any atom is -0.396 e. The molecule has 0 saturated carbocycles. The molecular weight excluding hydrogens is 262 g/mol. The highest BCUT2D eigenvalue weighted by Gasteiger charge is 2.18. The Labute approximate surface area is 115 Å². The Morgan fingerprint density at radius 1 is 1.26 bits per heavy atom. The third-order valence-electron chi connectivity index (χ3n) is 3.02. The quantitative estimate of drug-likeness (QED) is 0.770. The fraction of sp³-hybridized carbons (Fsp3) is 0.571. The lowest BCUT2D eigenvalue weighted by molar-refractivity contribution is 0.278. The maximum absolute atomic E-state index is 12.2. The van der Waals surface area contributed by atoms with Gasteiger partial charge in [-0.25, -0.2) is 8.42 Å². The molecule has 19 heavy (non-hydrogen) atoms. The normalized spacial score (nSPS) is 13.2. The fourth-order valence-electron chi connectivity index (χ4n) is 1.99. The van der Waals surface area contributed by atoms with Gasteiger partial charge in [0.15, 0.2) is 9.84 Å². The average Bonchev–Trinajstić information content (AvgIpc) is 2.38. The first-order chi connectivity index (χ1) is 9.05. The van der Waals surface area contributed by atoms with Crippen molar-refractivity contribution in [3.63, 3.8) is 0 Å². The predicted octanol–water partition coefficient (Wildman–Crippen LogP) is 2.44. The highest BCUT2D eigenvalue weighted by atomic mass is 32.2. The summed E-state index contributed by atoms with van der Waals surface area (Å²) in [4.78, 5) is 0.355. The monoisotopic (exact) mass is 285 g/mol. The number of hydrogen-bond acceptors (Lipinski definition) is 4. The van der Waals surface area contributed by atoms with Gasteiger partial charge in [0, 0.05) is 12.6 Å². The first-order valence-corrected chi connectivity index (χ1v) is 8.39. The molecule has 0 heterocycles. The van der Waals surface area contributed by atoms with Crippen LogP contribution in [0.25, 0.3) is 0 Å². The zero-order chi connectivity index (χ0) is 14.3. The van der Waals surface area contributed by atoms with Crippen molar-refractivity contribution < 1.29 is 13.5 Å². The highest BCUT2D eigenvalue weighted by molar-refractivity contribution is 7.91. The van der Waals surface area contributed by atoms with E-state index >= 15 is 0 Å². The average molecular weight is 285 g/mol. The van der Waals surface area contributed by atoms with E-state index in [0.717, 1.165) is 6.42 Å². The molecule has 5 heteroatoms. The van der Waals surface area contributed by atoms with Crippen molar-refractivity contribution in [2.45, 2.75) is 44.0 Å². The molecule has 1 atom stereocenters. The summed E-state index contributed by atoms with van der Waals surface area (Å²) < 4.78 is 24.4. The van der Waals surface area contributed by atoms with E-state index in [9.17, 15) is 8.42 Å². The van der Waals surface area contributed by atoms with E-state index < -0.39 is 9.84 Å². The minimum atomic E-state index is -3.23. The van der Waals surface area contributed by atoms with Crippen molar-refractivity contribution in [1.82, 2.24) is 0 Å². The maximum Gasteiger partial charge on any atom is 0.180 e. The van der Waals surface area contributed by atoms with Crippen LogP contribution in [-0.4, -0.2) is 31.9 Å². The summed E-state index contributed by atoms with van der Waals surface area (Å²) in [6.07, 6.45) is 2.05. The first kappa shape index (κ1) is 16.0. The second-order valence-electron chi connectivity index (χ2n) is 4.58. The van der Waals surface area contributed by atoms with Gasteiger partial charge in [-0.2, -0.15) is 0 Å². The number of hydrogen-bond donors (Lipinski definition) is 2. The Hall–Kier alpha value is -1.07. The number of aliphatic hydroxyl groups excluding tert-OH is 1. The molecule has 0 aliphatic rings. The van der Waals surface area contributed by atoms with Crippen LogP contribution in [0.3, 0.4) is 0 Å². The van der Waals surface area contributed by atoms with Gasteiger partial charge in [0.1, 0.15) is 0 Å². The molecule has 1 aromatic carbocycles. The summed E-state index contributed by atoms with van der Waals surface area (Å²) in [5.74, 6) is 0.155. The molecule has 0 radical (unpaired) electrons. The van der Waals surface area contributed by atoms with Gasteiger partial charge < -0.3 is 10.4 Å². The second kappa shape index (κ2) is 7.50. The summed E-state index contributed by atoms with van der Waals surface area (Å²) in [6, 6.07) is 7.06. The number of aliphatic hydroxyl groups is 1. The van der Waals surface area contributed by atoms with E-state index in [4.69, 9.17) is 5.11 Å². The lowest BCUT2D eigenvalue weighted by atomic mass is 10.1. The Morgan fingerprint density at radius 2 is 1.95 bits per heavy atom. The fourth-order valence-corrected chi connectivity index (χ4v) is 3.50. The number of anilines is 1. The van der Waals surface area contributed by atoms with Crippen LogP contribution in [0.2, 0.25) is 0 Å². The summed E-state index contributed by atoms with van der Waals surface area (Å²) >= 11 is 0. The SMILES string of the molecule is CCCS(=O)(=O)c1ccccc1NC(CC)CCO. The Kier molecular flexibility index (Phi) is 6.31. The molecular formula is C14H23NO3S. The molecule has 0 bridgehead atoms. The zero-order valence-electron chi connectivity index (χ0n) is 11.6. The van der Waals surface area contributed by atoms with E-state index in [1.807, 2.05) is 19.9 Å². The second-order valence-corrected chi connectivity index (χ2v) is 6.65. The van der Waals surface area contributed by atoms with Crippen molar-refractivity contribution in [3.8, 4) is 0 Å². The van der Waals surface area contributed by atoms with Gasteiger partial charge in [0.2, 0.25) is 0 Å². The molecule has 0 aliphatic carbocycles. The van der Waals surface area contributed by atoms with Crippen LogP contribution < -0.4 is 5.32 Å². The van der Waals surface area contributed by atoms with E-state index in [-0.39, 0.29) is 18.4 Å². The topological polar surface area (TPSA) is 66.4 Å². The van der Waals surface area contributed by atoms with Gasteiger partial charge in [-0.1, -0.05) is 26.0 Å². The predicted molar refractivity (Wildman–Crippen MR) is 78.2 cm³/mol. The van der Waals surface area contributed by atoms with Crippen LogP contribution in [0.1, 0.15) is 33.1 Å². The van der Waals surface area contributed by atoms with Gasteiger partial charge >= 0.3 is 0 Å². The molecule has 0 aromatic heterocycles. The summed E-state index contributed by atoms with van der Waals surface area (Å²) in [5, 5.41) is 12.2. The van der Waals surface area contributed by atoms with Crippen LogP contribution in [0.15, 0.2) is 29.2 Å². The van der Waals surface area contributed by atoms with Gasteiger partial charge in [-0.15, -0.1) is 0 Å². The van der Waals surface area contributed by atoms with Crippen molar-refractivity contribution in [1.29, 1.82) is 0 Å². The molecule has 1 rings (SSSR count).